The summed E-state index contributed by atoms with van der Waals surface area (Å²) in [5, 5.41) is 4.22. The number of carbonyl (C=O) groups is 3. The van der Waals surface area contributed by atoms with Crippen LogP contribution in [0.2, 0.25) is 0 Å². The van der Waals surface area contributed by atoms with Gasteiger partial charge in [-0.25, -0.2) is 35.1 Å². The molecule has 0 aliphatic carbocycles. The van der Waals surface area contributed by atoms with Gasteiger partial charge in [-0.1, -0.05) is 24.4 Å². The average molecular weight is 767 g/mol. The molecule has 2 N–H and O–H groups in total. The number of halogens is 8. The van der Waals surface area contributed by atoms with Crippen molar-refractivity contribution in [3.8, 4) is 0 Å². The fourth-order valence-electron chi connectivity index (χ4n) is 5.79. The largest absolute Gasteiger partial charge is 0.460 e. The molecule has 16 heteroatoms. The van der Waals surface area contributed by atoms with Crippen LogP contribution in [0.15, 0.2) is 36.4 Å². The topological polar surface area (TPSA) is 93.7 Å². The molecule has 2 aromatic carbocycles. The molecule has 2 aliphatic rings. The SMILES string of the molecule is CC(C)(C)OC(=O)Cc1ccc(F)c([C@@]2(CF)NC(=O)CCC2(F)F)c1.CC(C)(C)OC(=O)Cc1ccc(F)c([C@@]2(CF)NC(=S)CCC2(F)F)c1. The normalized spacial score (nSPS) is 22.7. The van der Waals surface area contributed by atoms with E-state index in [1.807, 2.05) is 5.32 Å². The maximum absolute atomic E-state index is 14.6. The minimum Gasteiger partial charge on any atom is -0.460 e. The number of hydrogen-bond donors (Lipinski definition) is 2. The summed E-state index contributed by atoms with van der Waals surface area (Å²) in [4.78, 5) is 35.5. The second-order valence-electron chi connectivity index (χ2n) is 14.7. The maximum atomic E-state index is 14.6. The van der Waals surface area contributed by atoms with Gasteiger partial charge in [0.2, 0.25) is 5.91 Å². The van der Waals surface area contributed by atoms with Crippen molar-refractivity contribution >= 4 is 35.1 Å². The van der Waals surface area contributed by atoms with E-state index < -0.39 is 107 Å². The molecule has 4 rings (SSSR count). The lowest BCUT2D eigenvalue weighted by Crippen LogP contribution is -2.63. The van der Waals surface area contributed by atoms with Crippen LogP contribution in [-0.4, -0.2) is 59.2 Å². The molecule has 2 fully saturated rings. The number of esters is 2. The van der Waals surface area contributed by atoms with Crippen molar-refractivity contribution in [2.24, 2.45) is 0 Å². The predicted molar refractivity (Wildman–Crippen MR) is 179 cm³/mol. The third-order valence-corrected chi connectivity index (χ3v) is 8.51. The number of thiocarbonyl (C=S) groups is 1. The summed E-state index contributed by atoms with van der Waals surface area (Å²) in [6.45, 7) is 6.82. The molecule has 52 heavy (non-hydrogen) atoms. The lowest BCUT2D eigenvalue weighted by atomic mass is 9.78. The van der Waals surface area contributed by atoms with Gasteiger partial charge in [0.05, 0.1) is 17.8 Å². The second kappa shape index (κ2) is 15.7. The van der Waals surface area contributed by atoms with Crippen LogP contribution in [-0.2, 0) is 47.8 Å². The molecule has 7 nitrogen and oxygen atoms in total. The first-order chi connectivity index (χ1) is 23.8. The molecule has 2 aliphatic heterocycles. The number of alkyl halides is 6. The van der Waals surface area contributed by atoms with Gasteiger partial charge in [0.1, 0.15) is 36.2 Å². The highest BCUT2D eigenvalue weighted by atomic mass is 32.1. The monoisotopic (exact) mass is 766 g/mol. The molecule has 0 aromatic heterocycles. The minimum absolute atomic E-state index is 0.0468. The van der Waals surface area contributed by atoms with Crippen LogP contribution in [0.4, 0.5) is 35.1 Å². The molecule has 0 unspecified atom stereocenters. The molecular weight excluding hydrogens is 724 g/mol. The lowest BCUT2D eigenvalue weighted by Gasteiger charge is -2.44. The van der Waals surface area contributed by atoms with Crippen LogP contribution in [0.25, 0.3) is 0 Å². The lowest BCUT2D eigenvalue weighted by molar-refractivity contribution is -0.156. The van der Waals surface area contributed by atoms with E-state index in [1.165, 1.54) is 12.1 Å². The zero-order valence-electron chi connectivity index (χ0n) is 29.6. The summed E-state index contributed by atoms with van der Waals surface area (Å²) >= 11 is 4.92. The Kier molecular flexibility index (Phi) is 12.8. The van der Waals surface area contributed by atoms with E-state index in [4.69, 9.17) is 21.7 Å². The molecule has 1 amide bonds. The Balaban J connectivity index is 0.000000280. The van der Waals surface area contributed by atoms with Gasteiger partial charge < -0.3 is 20.1 Å². The van der Waals surface area contributed by atoms with E-state index in [-0.39, 0.29) is 35.4 Å². The Labute approximate surface area is 302 Å². The van der Waals surface area contributed by atoms with Crippen molar-refractivity contribution in [1.82, 2.24) is 10.6 Å². The number of hydrogen-bond acceptors (Lipinski definition) is 6. The number of ether oxygens (including phenoxy) is 2. The first kappa shape index (κ1) is 42.6. The van der Waals surface area contributed by atoms with Crippen molar-refractivity contribution in [3.05, 3.63) is 70.3 Å². The fourth-order valence-corrected chi connectivity index (χ4v) is 6.07. The Morgan fingerprint density at radius 2 is 1.10 bits per heavy atom. The van der Waals surface area contributed by atoms with E-state index in [9.17, 15) is 49.5 Å². The number of benzene rings is 2. The Morgan fingerprint density at radius 3 is 1.48 bits per heavy atom. The Bertz CT molecular complexity index is 1560. The number of piperidine rings is 2. The van der Waals surface area contributed by atoms with Gasteiger partial charge >= 0.3 is 11.9 Å². The molecular formula is C36H42F8N2O5S. The average Bonchev–Trinajstić information content (AvgIpc) is 3.00. The number of amides is 1. The van der Waals surface area contributed by atoms with Crippen LogP contribution in [0.1, 0.15) is 89.5 Å². The van der Waals surface area contributed by atoms with Gasteiger partial charge in [0.15, 0.2) is 11.1 Å². The standard InChI is InChI=1S/C18H21F4NO3.C18H21F4NO2S/c1-16(2,3)26-15(25)9-11-4-5-13(20)12(8-11)17(10-19)18(21,22)7-6-14(24)23-17;1-16(2,3)25-15(24)9-11-4-5-13(20)12(8-11)17(10-19)18(21,22)7-6-14(26)23-17/h4-5,8H,6-7,9-10H2,1-3H3,(H,23,24);4-5,8H,6-7,9-10H2,1-3H3,(H,23,26)/t2*17-/m11/s1. The molecule has 288 valence electrons. The molecule has 2 atom stereocenters. The van der Waals surface area contributed by atoms with Gasteiger partial charge in [-0.2, -0.15) is 0 Å². The van der Waals surface area contributed by atoms with E-state index >= 15 is 0 Å². The second-order valence-corrected chi connectivity index (χ2v) is 15.2. The van der Waals surface area contributed by atoms with Gasteiger partial charge in [-0.3, -0.25) is 14.4 Å². The summed E-state index contributed by atoms with van der Waals surface area (Å²) in [7, 11) is 0. The fraction of sp³-hybridized carbons (Fsp3) is 0.556. The third kappa shape index (κ3) is 9.78. The Morgan fingerprint density at radius 1 is 0.712 bits per heavy atom. The zero-order valence-corrected chi connectivity index (χ0v) is 30.4. The summed E-state index contributed by atoms with van der Waals surface area (Å²) < 4.78 is 125. The van der Waals surface area contributed by atoms with Crippen molar-refractivity contribution in [3.63, 3.8) is 0 Å². The zero-order chi connectivity index (χ0) is 39.5. The molecule has 2 aromatic rings. The quantitative estimate of drug-likeness (QED) is 0.162. The molecule has 0 radical (unpaired) electrons. The van der Waals surface area contributed by atoms with Crippen LogP contribution in [0, 0.1) is 11.6 Å². The molecule has 0 bridgehead atoms. The molecule has 0 spiro atoms. The smallest absolute Gasteiger partial charge is 0.310 e. The van der Waals surface area contributed by atoms with Crippen LogP contribution >= 0.6 is 12.2 Å². The van der Waals surface area contributed by atoms with Crippen molar-refractivity contribution in [2.45, 2.75) is 114 Å². The van der Waals surface area contributed by atoms with Crippen molar-refractivity contribution in [2.75, 3.05) is 13.3 Å². The first-order valence-electron chi connectivity index (χ1n) is 16.3. The van der Waals surface area contributed by atoms with Gasteiger partial charge in [0, 0.05) is 36.8 Å². The Hall–Kier alpha value is -3.82. The van der Waals surface area contributed by atoms with Gasteiger partial charge in [-0.15, -0.1) is 0 Å². The summed E-state index contributed by atoms with van der Waals surface area (Å²) in [6.07, 6.45) is -2.70. The summed E-state index contributed by atoms with van der Waals surface area (Å²) in [5.41, 5.74) is -7.65. The first-order valence-corrected chi connectivity index (χ1v) is 16.7. The van der Waals surface area contributed by atoms with Crippen molar-refractivity contribution < 1.29 is 59.0 Å². The summed E-state index contributed by atoms with van der Waals surface area (Å²) in [6, 6.07) is 6.41. The van der Waals surface area contributed by atoms with E-state index in [0.29, 0.717) is 0 Å². The maximum Gasteiger partial charge on any atom is 0.310 e. The number of rotatable bonds is 8. The van der Waals surface area contributed by atoms with E-state index in [0.717, 1.165) is 24.3 Å². The van der Waals surface area contributed by atoms with E-state index in [1.54, 1.807) is 41.5 Å². The molecule has 2 saturated heterocycles. The third-order valence-electron chi connectivity index (χ3n) is 8.21. The van der Waals surface area contributed by atoms with Gasteiger partial charge in [0.25, 0.3) is 11.8 Å². The molecule has 2 heterocycles. The van der Waals surface area contributed by atoms with Crippen LogP contribution in [0.5, 0.6) is 0 Å². The highest BCUT2D eigenvalue weighted by Gasteiger charge is 2.60. The predicted octanol–water partition coefficient (Wildman–Crippen LogP) is 7.64. The van der Waals surface area contributed by atoms with Crippen molar-refractivity contribution in [1.29, 1.82) is 0 Å². The molecule has 0 saturated carbocycles. The van der Waals surface area contributed by atoms with Crippen LogP contribution in [0.3, 0.4) is 0 Å². The number of nitrogens with one attached hydrogen (secondary N) is 2. The highest BCUT2D eigenvalue weighted by Crippen LogP contribution is 2.46. The summed E-state index contributed by atoms with van der Waals surface area (Å²) in [5.74, 6) is -11.3. The number of carbonyl (C=O) groups excluding carboxylic acids is 3. The van der Waals surface area contributed by atoms with E-state index in [2.05, 4.69) is 5.32 Å². The van der Waals surface area contributed by atoms with Gasteiger partial charge in [-0.05, 0) is 76.9 Å². The van der Waals surface area contributed by atoms with Crippen LogP contribution < -0.4 is 10.6 Å². The minimum atomic E-state index is -3.68. The highest BCUT2D eigenvalue weighted by molar-refractivity contribution is 7.80.